The molecule has 25 heavy (non-hydrogen) atoms. The monoisotopic (exact) mass is 373 g/mol. The zero-order valence-corrected chi connectivity index (χ0v) is 15.9. The molecule has 1 aliphatic carbocycles. The fraction of sp³-hybridized carbons (Fsp3) is 0.688. The molecule has 4 atom stereocenters. The number of aliphatic hydroxyl groups is 1. The Bertz CT molecular complexity index is 627. The maximum atomic E-state index is 12.1. The highest BCUT2D eigenvalue weighted by molar-refractivity contribution is 7.45. The Morgan fingerprint density at radius 3 is 2.72 bits per heavy atom. The first-order chi connectivity index (χ1) is 11.4. The van der Waals surface area contributed by atoms with E-state index < -0.39 is 25.4 Å². The minimum absolute atomic E-state index is 0.181. The first-order valence-corrected chi connectivity index (χ1v) is 9.65. The van der Waals surface area contributed by atoms with Crippen LogP contribution in [0.15, 0.2) is 24.0 Å². The second-order valence-corrected chi connectivity index (χ2v) is 8.86. The minimum atomic E-state index is -4.45. The predicted molar refractivity (Wildman–Crippen MR) is 90.2 cm³/mol. The molecule has 1 heterocycles. The molecule has 0 aromatic rings. The molecule has 9 heteroatoms. The summed E-state index contributed by atoms with van der Waals surface area (Å²) in [5.41, 5.74) is 0.493. The van der Waals surface area contributed by atoms with Crippen LogP contribution in [0.2, 0.25) is 0 Å². The van der Waals surface area contributed by atoms with Gasteiger partial charge in [0.25, 0.3) is 7.82 Å². The van der Waals surface area contributed by atoms with E-state index in [1.165, 1.54) is 4.90 Å². The van der Waals surface area contributed by atoms with E-state index in [1.807, 2.05) is 6.92 Å². The van der Waals surface area contributed by atoms with Crippen molar-refractivity contribution < 1.29 is 28.4 Å². The van der Waals surface area contributed by atoms with Crippen molar-refractivity contribution in [1.82, 2.24) is 10.2 Å². The highest BCUT2D eigenvalue weighted by Gasteiger charge is 2.39. The average molecular weight is 373 g/mol. The van der Waals surface area contributed by atoms with E-state index in [0.29, 0.717) is 18.5 Å². The van der Waals surface area contributed by atoms with Crippen molar-refractivity contribution >= 4 is 13.9 Å². The van der Waals surface area contributed by atoms with Gasteiger partial charge in [-0.15, -0.1) is 0 Å². The van der Waals surface area contributed by atoms with Gasteiger partial charge >= 0.3 is 6.03 Å². The fourth-order valence-corrected chi connectivity index (χ4v) is 4.04. The van der Waals surface area contributed by atoms with Crippen molar-refractivity contribution in [3.8, 4) is 0 Å². The Labute approximate surface area is 148 Å². The third-order valence-electron chi connectivity index (χ3n) is 4.16. The predicted octanol–water partition coefficient (Wildman–Crippen LogP) is 1.87. The van der Waals surface area contributed by atoms with Crippen LogP contribution in [0.4, 0.5) is 4.79 Å². The van der Waals surface area contributed by atoms with E-state index >= 15 is 0 Å². The van der Waals surface area contributed by atoms with Gasteiger partial charge in [-0.1, -0.05) is 6.58 Å². The standard InChI is InChI=1S/C16H27N2O6P/c1-10-8-18(15(20)17-11(10)2)13-6-12(14(19)7-13)9-23-25(21,22)24-16(3,4)5/h8,12-14,19H,2,6-7,9H2,1,3-5H3,(H,17,20)(H,21,22)/p-1. The number of amides is 2. The summed E-state index contributed by atoms with van der Waals surface area (Å²) in [6.45, 7) is 10.2. The fourth-order valence-electron chi connectivity index (χ4n) is 2.94. The van der Waals surface area contributed by atoms with Crippen LogP contribution < -0.4 is 10.2 Å². The van der Waals surface area contributed by atoms with E-state index in [-0.39, 0.29) is 18.7 Å². The molecule has 142 valence electrons. The molecule has 8 nitrogen and oxygen atoms in total. The van der Waals surface area contributed by atoms with Crippen molar-refractivity contribution in [2.24, 2.45) is 5.92 Å². The number of phosphoric ester groups is 1. The molecule has 0 saturated heterocycles. The van der Waals surface area contributed by atoms with Crippen molar-refractivity contribution in [1.29, 1.82) is 0 Å². The Morgan fingerprint density at radius 1 is 1.48 bits per heavy atom. The van der Waals surface area contributed by atoms with Gasteiger partial charge < -0.3 is 24.4 Å². The van der Waals surface area contributed by atoms with Crippen LogP contribution in [0.1, 0.15) is 40.5 Å². The Balaban J connectivity index is 1.96. The van der Waals surface area contributed by atoms with Gasteiger partial charge in [0.2, 0.25) is 0 Å². The van der Waals surface area contributed by atoms with Gasteiger partial charge in [0.05, 0.1) is 18.3 Å². The van der Waals surface area contributed by atoms with E-state index in [9.17, 15) is 19.4 Å². The Kier molecular flexibility index (Phi) is 5.81. The summed E-state index contributed by atoms with van der Waals surface area (Å²) in [6, 6.07) is -0.541. The highest BCUT2D eigenvalue weighted by Crippen LogP contribution is 2.44. The van der Waals surface area contributed by atoms with Crippen LogP contribution in [0.5, 0.6) is 0 Å². The van der Waals surface area contributed by atoms with Crippen LogP contribution in [-0.2, 0) is 13.6 Å². The molecular weight excluding hydrogens is 347 g/mol. The van der Waals surface area contributed by atoms with Crippen LogP contribution >= 0.6 is 7.82 Å². The lowest BCUT2D eigenvalue weighted by molar-refractivity contribution is -0.235. The molecule has 1 fully saturated rings. The second kappa shape index (κ2) is 7.21. The summed E-state index contributed by atoms with van der Waals surface area (Å²) < 4.78 is 21.7. The molecule has 1 aliphatic heterocycles. The van der Waals surface area contributed by atoms with Crippen LogP contribution in [-0.4, -0.2) is 40.4 Å². The zero-order chi connectivity index (χ0) is 19.0. The summed E-state index contributed by atoms with van der Waals surface area (Å²) in [5, 5.41) is 12.9. The minimum Gasteiger partial charge on any atom is -0.756 e. The molecule has 1 saturated carbocycles. The second-order valence-electron chi connectivity index (χ2n) is 7.53. The third-order valence-corrected chi connectivity index (χ3v) is 5.40. The molecule has 0 aromatic carbocycles. The number of nitrogens with zero attached hydrogens (tertiary/aromatic N) is 1. The zero-order valence-electron chi connectivity index (χ0n) is 15.0. The van der Waals surface area contributed by atoms with Gasteiger partial charge in [0, 0.05) is 23.9 Å². The van der Waals surface area contributed by atoms with Gasteiger partial charge in [-0.3, -0.25) is 9.46 Å². The van der Waals surface area contributed by atoms with Crippen LogP contribution in [0.3, 0.4) is 0 Å². The van der Waals surface area contributed by atoms with Crippen LogP contribution in [0, 0.1) is 5.92 Å². The first kappa shape index (κ1) is 20.1. The number of hydrogen-bond donors (Lipinski definition) is 2. The third kappa shape index (κ3) is 5.39. The molecule has 2 amide bonds. The molecule has 0 spiro atoms. The summed E-state index contributed by atoms with van der Waals surface area (Å²) in [7, 11) is -4.45. The van der Waals surface area contributed by atoms with Crippen molar-refractivity contribution in [3.63, 3.8) is 0 Å². The number of carbonyl (C=O) groups is 1. The molecule has 2 aliphatic rings. The van der Waals surface area contributed by atoms with E-state index in [2.05, 4.69) is 11.9 Å². The molecule has 2 rings (SSSR count). The number of allylic oxidation sites excluding steroid dienone is 1. The largest absolute Gasteiger partial charge is 0.756 e. The Morgan fingerprint density at radius 2 is 2.12 bits per heavy atom. The maximum Gasteiger partial charge on any atom is 0.326 e. The van der Waals surface area contributed by atoms with Gasteiger partial charge in [-0.25, -0.2) is 4.79 Å². The number of rotatable bonds is 5. The average Bonchev–Trinajstić information content (AvgIpc) is 2.79. The number of nitrogens with one attached hydrogen (secondary N) is 1. The highest BCUT2D eigenvalue weighted by atomic mass is 31.2. The smallest absolute Gasteiger partial charge is 0.326 e. The van der Waals surface area contributed by atoms with Gasteiger partial charge in [0.15, 0.2) is 0 Å². The van der Waals surface area contributed by atoms with Gasteiger partial charge in [-0.05, 0) is 46.1 Å². The topological polar surface area (TPSA) is 111 Å². The maximum absolute atomic E-state index is 12.1. The first-order valence-electron chi connectivity index (χ1n) is 8.19. The van der Waals surface area contributed by atoms with Crippen LogP contribution in [0.25, 0.3) is 0 Å². The summed E-state index contributed by atoms with van der Waals surface area (Å²) in [4.78, 5) is 25.5. The summed E-state index contributed by atoms with van der Waals surface area (Å²) in [6.07, 6.45) is 1.72. The number of hydrogen-bond acceptors (Lipinski definition) is 6. The van der Waals surface area contributed by atoms with E-state index in [0.717, 1.165) is 5.57 Å². The van der Waals surface area contributed by atoms with Crippen molar-refractivity contribution in [3.05, 3.63) is 24.0 Å². The summed E-state index contributed by atoms with van der Waals surface area (Å²) >= 11 is 0. The quantitative estimate of drug-likeness (QED) is 0.712. The van der Waals surface area contributed by atoms with E-state index in [1.54, 1.807) is 27.0 Å². The molecule has 4 unspecified atom stereocenters. The number of aliphatic hydroxyl groups excluding tert-OH is 1. The molecule has 0 radical (unpaired) electrons. The van der Waals surface area contributed by atoms with Crippen molar-refractivity contribution in [2.45, 2.75) is 58.3 Å². The molecular formula is C16H26N2O6P-. The lowest BCUT2D eigenvalue weighted by Crippen LogP contribution is -2.45. The molecule has 0 bridgehead atoms. The van der Waals surface area contributed by atoms with Crippen molar-refractivity contribution in [2.75, 3.05) is 6.61 Å². The van der Waals surface area contributed by atoms with Gasteiger partial charge in [0.1, 0.15) is 0 Å². The van der Waals surface area contributed by atoms with Gasteiger partial charge in [-0.2, -0.15) is 0 Å². The normalized spacial score (nSPS) is 30.1. The molecule has 0 aromatic heterocycles. The number of phosphoric acid groups is 1. The lowest BCUT2D eigenvalue weighted by atomic mass is 10.1. The SMILES string of the molecule is C=C1NC(=O)N(C2CC(O)C(COP(=O)([O-])OC(C)(C)C)C2)C=C1C. The van der Waals surface area contributed by atoms with E-state index in [4.69, 9.17) is 9.05 Å². The number of carbonyl (C=O) groups excluding carboxylic acids is 1. The Hall–Kier alpha value is -1.18. The number of urea groups is 1. The lowest BCUT2D eigenvalue weighted by Gasteiger charge is -2.32. The molecule has 2 N–H and O–H groups in total. The summed E-state index contributed by atoms with van der Waals surface area (Å²) in [5.74, 6) is -0.400.